The number of carbonyl (C=O) groups is 5. The zero-order valence-electron chi connectivity index (χ0n) is 28.9. The number of nitrogens with one attached hydrogen (secondary N) is 2. The Morgan fingerprint density at radius 3 is 1.71 bits per heavy atom. The lowest BCUT2D eigenvalue weighted by Gasteiger charge is -2.46. The summed E-state index contributed by atoms with van der Waals surface area (Å²) in [5.41, 5.74) is 0.234. The van der Waals surface area contributed by atoms with Crippen molar-refractivity contribution in [3.63, 3.8) is 0 Å². The first-order chi connectivity index (χ1) is 22.6. The van der Waals surface area contributed by atoms with E-state index in [0.29, 0.717) is 6.61 Å². The molecule has 0 aromatic rings. The normalized spacial score (nSPS) is 35.0. The van der Waals surface area contributed by atoms with E-state index >= 15 is 0 Å². The van der Waals surface area contributed by atoms with E-state index < -0.39 is 91.1 Å². The summed E-state index contributed by atoms with van der Waals surface area (Å²) in [4.78, 5) is 60.1. The van der Waals surface area contributed by atoms with Crippen molar-refractivity contribution in [2.75, 3.05) is 33.0 Å². The standard InChI is InChI=1S/C32H50N2O14/c1-15(2)29(38)40-11-10-33-32(39)34-28-25(44-20(7)35)18(5)23(13-41-28)47-31-27(46-22(9)37)19(6)24(14-43-31)48-30-26(45-21(8)36)17(4)16(3)12-42-30/h16-19,23-28,30-31H,1,10-14H2,2-9H3,(H2,33,34,39). The van der Waals surface area contributed by atoms with Crippen LogP contribution in [0.4, 0.5) is 4.79 Å². The summed E-state index contributed by atoms with van der Waals surface area (Å²) in [6.07, 6.45) is -6.73. The van der Waals surface area contributed by atoms with Gasteiger partial charge in [-0.2, -0.15) is 0 Å². The first kappa shape index (κ1) is 39.1. The van der Waals surface area contributed by atoms with Gasteiger partial charge >= 0.3 is 29.9 Å². The summed E-state index contributed by atoms with van der Waals surface area (Å²) in [7, 11) is 0. The Kier molecular flexibility index (Phi) is 14.6. The van der Waals surface area contributed by atoms with Crippen LogP contribution >= 0.6 is 0 Å². The van der Waals surface area contributed by atoms with E-state index in [4.69, 9.17) is 42.6 Å². The number of amides is 2. The van der Waals surface area contributed by atoms with Crippen LogP contribution in [0.25, 0.3) is 0 Å². The Balaban J connectivity index is 1.65. The fraction of sp³-hybridized carbons (Fsp3) is 0.781. The van der Waals surface area contributed by atoms with Gasteiger partial charge < -0.3 is 53.3 Å². The van der Waals surface area contributed by atoms with Gasteiger partial charge in [-0.3, -0.25) is 14.4 Å². The van der Waals surface area contributed by atoms with E-state index in [-0.39, 0.29) is 43.8 Å². The maximum absolute atomic E-state index is 12.5. The number of rotatable bonds is 12. The molecule has 3 heterocycles. The minimum Gasteiger partial charge on any atom is -0.460 e. The topological polar surface area (TPSA) is 192 Å². The Hall–Kier alpha value is -3.31. The number of ether oxygens (including phenoxy) is 9. The average Bonchev–Trinajstić information content (AvgIpc) is 3.00. The predicted octanol–water partition coefficient (Wildman–Crippen LogP) is 1.58. The molecule has 0 aromatic heterocycles. The first-order valence-corrected chi connectivity index (χ1v) is 16.1. The van der Waals surface area contributed by atoms with Gasteiger partial charge in [-0.05, 0) is 12.8 Å². The largest absolute Gasteiger partial charge is 0.460 e. The van der Waals surface area contributed by atoms with Gasteiger partial charge in [0.25, 0.3) is 0 Å². The van der Waals surface area contributed by atoms with Crippen LogP contribution in [0.15, 0.2) is 12.2 Å². The molecule has 2 N–H and O–H groups in total. The maximum atomic E-state index is 12.5. The lowest BCUT2D eigenvalue weighted by molar-refractivity contribution is -0.327. The van der Waals surface area contributed by atoms with Gasteiger partial charge in [0.05, 0.1) is 38.6 Å². The SMILES string of the molecule is C=C(C)C(=O)OCCNC(=O)NC1OCC(OC2OCC(OC3OCC(C)C(C)C3OC(C)=O)C(C)C2OC(C)=O)C(C)C1OC(C)=O. The second-order valence-corrected chi connectivity index (χ2v) is 12.6. The lowest BCUT2D eigenvalue weighted by Crippen LogP contribution is -2.61. The summed E-state index contributed by atoms with van der Waals surface area (Å²) < 4.78 is 52.1. The molecule has 12 atom stereocenters. The maximum Gasteiger partial charge on any atom is 0.333 e. The van der Waals surface area contributed by atoms with E-state index in [1.807, 2.05) is 20.8 Å². The molecular weight excluding hydrogens is 636 g/mol. The average molecular weight is 687 g/mol. The Morgan fingerprint density at radius 2 is 1.17 bits per heavy atom. The number of urea groups is 1. The molecule has 272 valence electrons. The molecule has 3 saturated heterocycles. The van der Waals surface area contributed by atoms with Crippen molar-refractivity contribution in [2.45, 2.75) is 105 Å². The van der Waals surface area contributed by atoms with Crippen LogP contribution in [0.1, 0.15) is 55.4 Å². The predicted molar refractivity (Wildman–Crippen MR) is 165 cm³/mol. The molecule has 3 aliphatic rings. The van der Waals surface area contributed by atoms with Crippen molar-refractivity contribution in [1.82, 2.24) is 10.6 Å². The molecule has 3 rings (SSSR count). The van der Waals surface area contributed by atoms with E-state index in [1.54, 1.807) is 6.92 Å². The van der Waals surface area contributed by atoms with Crippen molar-refractivity contribution in [3.8, 4) is 0 Å². The fourth-order valence-electron chi connectivity index (χ4n) is 5.60. The van der Waals surface area contributed by atoms with E-state index in [9.17, 15) is 24.0 Å². The van der Waals surface area contributed by atoms with Crippen LogP contribution in [-0.2, 0) is 61.8 Å². The highest BCUT2D eigenvalue weighted by molar-refractivity contribution is 5.86. The van der Waals surface area contributed by atoms with E-state index in [0.717, 1.165) is 0 Å². The van der Waals surface area contributed by atoms with Crippen LogP contribution < -0.4 is 10.6 Å². The third kappa shape index (κ3) is 10.9. The van der Waals surface area contributed by atoms with Crippen molar-refractivity contribution >= 4 is 29.9 Å². The first-order valence-electron chi connectivity index (χ1n) is 16.1. The zero-order valence-corrected chi connectivity index (χ0v) is 28.9. The van der Waals surface area contributed by atoms with Crippen molar-refractivity contribution in [1.29, 1.82) is 0 Å². The summed E-state index contributed by atoms with van der Waals surface area (Å²) in [6, 6.07) is -0.637. The molecule has 48 heavy (non-hydrogen) atoms. The Morgan fingerprint density at radius 1 is 0.688 bits per heavy atom. The number of hydrogen-bond donors (Lipinski definition) is 2. The molecular formula is C32H50N2O14. The van der Waals surface area contributed by atoms with Gasteiger partial charge in [0, 0.05) is 44.1 Å². The van der Waals surface area contributed by atoms with E-state index in [2.05, 4.69) is 17.2 Å². The fourth-order valence-corrected chi connectivity index (χ4v) is 5.60. The summed E-state index contributed by atoms with van der Waals surface area (Å²) >= 11 is 0. The van der Waals surface area contributed by atoms with Gasteiger partial charge in [-0.15, -0.1) is 0 Å². The molecule has 16 heteroatoms. The Bertz CT molecular complexity index is 1170. The second-order valence-electron chi connectivity index (χ2n) is 12.6. The van der Waals surface area contributed by atoms with Crippen molar-refractivity contribution in [3.05, 3.63) is 12.2 Å². The zero-order chi connectivity index (χ0) is 35.7. The highest BCUT2D eigenvalue weighted by Crippen LogP contribution is 2.35. The lowest BCUT2D eigenvalue weighted by atomic mass is 9.88. The van der Waals surface area contributed by atoms with Crippen molar-refractivity contribution < 1.29 is 66.6 Å². The highest BCUT2D eigenvalue weighted by atomic mass is 16.7. The van der Waals surface area contributed by atoms with Gasteiger partial charge in [0.2, 0.25) is 0 Å². The van der Waals surface area contributed by atoms with E-state index in [1.165, 1.54) is 27.7 Å². The smallest absolute Gasteiger partial charge is 0.333 e. The third-order valence-electron chi connectivity index (χ3n) is 8.61. The number of esters is 4. The Labute approximate surface area is 280 Å². The molecule has 0 radical (unpaired) electrons. The van der Waals surface area contributed by atoms with Gasteiger partial charge in [-0.25, -0.2) is 9.59 Å². The molecule has 12 unspecified atom stereocenters. The molecule has 2 amide bonds. The monoisotopic (exact) mass is 686 g/mol. The number of carbonyl (C=O) groups excluding carboxylic acids is 5. The molecule has 0 saturated carbocycles. The number of hydrogen-bond acceptors (Lipinski definition) is 14. The van der Waals surface area contributed by atoms with Gasteiger partial charge in [0.1, 0.15) is 6.61 Å². The van der Waals surface area contributed by atoms with Crippen LogP contribution in [0.2, 0.25) is 0 Å². The minimum absolute atomic E-state index is 0.0198. The molecule has 16 nitrogen and oxygen atoms in total. The highest BCUT2D eigenvalue weighted by Gasteiger charge is 2.49. The van der Waals surface area contributed by atoms with Crippen LogP contribution in [0.3, 0.4) is 0 Å². The summed E-state index contributed by atoms with van der Waals surface area (Å²) in [6.45, 7) is 16.8. The van der Waals surface area contributed by atoms with Crippen molar-refractivity contribution in [2.24, 2.45) is 23.7 Å². The third-order valence-corrected chi connectivity index (χ3v) is 8.61. The molecule has 0 aliphatic carbocycles. The summed E-state index contributed by atoms with van der Waals surface area (Å²) in [5, 5.41) is 5.17. The van der Waals surface area contributed by atoms with Crippen LogP contribution in [-0.4, -0.2) is 112 Å². The molecule has 3 fully saturated rings. The molecule has 0 aromatic carbocycles. The quantitative estimate of drug-likeness (QED) is 0.130. The minimum atomic E-state index is -1.04. The second kappa shape index (κ2) is 17.9. The molecule has 0 spiro atoms. The van der Waals surface area contributed by atoms with Crippen LogP contribution in [0.5, 0.6) is 0 Å². The van der Waals surface area contributed by atoms with Gasteiger partial charge in [0.15, 0.2) is 37.1 Å². The molecule has 0 bridgehead atoms. The van der Waals surface area contributed by atoms with Crippen LogP contribution in [0, 0.1) is 23.7 Å². The summed E-state index contributed by atoms with van der Waals surface area (Å²) in [5.74, 6) is -3.04. The molecule has 3 aliphatic heterocycles. The van der Waals surface area contributed by atoms with Gasteiger partial charge in [-0.1, -0.05) is 34.3 Å².